The van der Waals surface area contributed by atoms with Gasteiger partial charge in [0.15, 0.2) is 0 Å². The molecule has 0 aliphatic heterocycles. The van der Waals surface area contributed by atoms with Gasteiger partial charge < -0.3 is 15.3 Å². The van der Waals surface area contributed by atoms with Crippen LogP contribution in [0.4, 0.5) is 0 Å². The van der Waals surface area contributed by atoms with Crippen molar-refractivity contribution in [1.29, 1.82) is 0 Å². The Labute approximate surface area is 61.1 Å². The highest BCUT2D eigenvalue weighted by Crippen LogP contribution is 1.42. The van der Waals surface area contributed by atoms with Crippen molar-refractivity contribution < 1.29 is 20.1 Å². The Morgan fingerprint density at radius 3 is 1.30 bits per heavy atom. The van der Waals surface area contributed by atoms with Gasteiger partial charge in [0.25, 0.3) is 5.97 Å². The average molecular weight is 152 g/mol. The molecule has 0 radical (unpaired) electrons. The number of hydrogen-bond acceptors (Lipinski definition) is 3. The summed E-state index contributed by atoms with van der Waals surface area (Å²) in [5.41, 5.74) is 0. The lowest BCUT2D eigenvalue weighted by atomic mass is 10.8. The van der Waals surface area contributed by atoms with Crippen molar-refractivity contribution in [2.24, 2.45) is 0 Å². The lowest BCUT2D eigenvalue weighted by Crippen LogP contribution is -1.85. The standard InChI is InChI=1S/C2H4O2.C2H6O2.C2H6/c1-2(3)4;3-1-2-4;1-2/h1H3,(H,3,4);3-4H,1-2H2;1-2H3. The van der Waals surface area contributed by atoms with E-state index in [-0.39, 0.29) is 13.2 Å². The maximum atomic E-state index is 9.00. The second-order valence-corrected chi connectivity index (χ2v) is 0.966. The van der Waals surface area contributed by atoms with Gasteiger partial charge in [-0.3, -0.25) is 4.79 Å². The SMILES string of the molecule is CC.CC(=O)O.OCCO. The van der Waals surface area contributed by atoms with E-state index in [9.17, 15) is 0 Å². The molecule has 0 rings (SSSR count). The number of carboxylic acids is 1. The van der Waals surface area contributed by atoms with Gasteiger partial charge in [-0.2, -0.15) is 0 Å². The first kappa shape index (κ1) is 16.2. The van der Waals surface area contributed by atoms with Crippen molar-refractivity contribution >= 4 is 5.97 Å². The molecule has 0 aliphatic carbocycles. The molecule has 0 heterocycles. The molecule has 0 aromatic heterocycles. The highest BCUT2D eigenvalue weighted by molar-refractivity contribution is 5.62. The van der Waals surface area contributed by atoms with Gasteiger partial charge in [-0.05, 0) is 0 Å². The van der Waals surface area contributed by atoms with Crippen LogP contribution in [0.15, 0.2) is 0 Å². The quantitative estimate of drug-likeness (QED) is 0.497. The van der Waals surface area contributed by atoms with Crippen LogP contribution < -0.4 is 0 Å². The van der Waals surface area contributed by atoms with Gasteiger partial charge in [0.05, 0.1) is 13.2 Å². The molecule has 0 aliphatic rings. The third-order valence-electron chi connectivity index (χ3n) is 0.1000. The molecule has 0 aromatic rings. The van der Waals surface area contributed by atoms with Gasteiger partial charge in [-0.25, -0.2) is 0 Å². The molecule has 0 amide bonds. The smallest absolute Gasteiger partial charge is 0.300 e. The number of carboxylic acid groups (broad SMARTS) is 1. The van der Waals surface area contributed by atoms with E-state index in [4.69, 9.17) is 20.1 Å². The molecule has 4 nitrogen and oxygen atoms in total. The number of aliphatic hydroxyl groups is 2. The number of aliphatic hydroxyl groups excluding tert-OH is 2. The van der Waals surface area contributed by atoms with Crippen LogP contribution in [-0.2, 0) is 4.79 Å². The first-order valence-corrected chi connectivity index (χ1v) is 3.06. The van der Waals surface area contributed by atoms with Crippen molar-refractivity contribution in [3.05, 3.63) is 0 Å². The van der Waals surface area contributed by atoms with Crippen molar-refractivity contribution in [2.75, 3.05) is 13.2 Å². The second-order valence-electron chi connectivity index (χ2n) is 0.966. The Bertz CT molecular complexity index is 47.7. The second kappa shape index (κ2) is 23.8. The van der Waals surface area contributed by atoms with Crippen LogP contribution in [-0.4, -0.2) is 34.5 Å². The number of aliphatic carboxylic acids is 1. The van der Waals surface area contributed by atoms with Crippen LogP contribution in [0.25, 0.3) is 0 Å². The summed E-state index contributed by atoms with van der Waals surface area (Å²) in [6.07, 6.45) is 0. The van der Waals surface area contributed by atoms with Crippen LogP contribution in [0, 0.1) is 0 Å². The van der Waals surface area contributed by atoms with Gasteiger partial charge >= 0.3 is 0 Å². The summed E-state index contributed by atoms with van der Waals surface area (Å²) in [5.74, 6) is -0.833. The maximum Gasteiger partial charge on any atom is 0.300 e. The summed E-state index contributed by atoms with van der Waals surface area (Å²) in [6.45, 7) is 4.83. The molecular formula is C6H16O4. The van der Waals surface area contributed by atoms with E-state index in [1.165, 1.54) is 0 Å². The molecule has 10 heavy (non-hydrogen) atoms. The average Bonchev–Trinajstić information content (AvgIpc) is 1.91. The maximum absolute atomic E-state index is 9.00. The largest absolute Gasteiger partial charge is 0.481 e. The van der Waals surface area contributed by atoms with Crippen molar-refractivity contribution in [1.82, 2.24) is 0 Å². The summed E-state index contributed by atoms with van der Waals surface area (Å²) < 4.78 is 0. The number of carbonyl (C=O) groups is 1. The van der Waals surface area contributed by atoms with Crippen LogP contribution >= 0.6 is 0 Å². The predicted octanol–water partition coefficient (Wildman–Crippen LogP) is 0.0881. The van der Waals surface area contributed by atoms with Gasteiger partial charge in [0, 0.05) is 6.92 Å². The summed E-state index contributed by atoms with van der Waals surface area (Å²) in [6, 6.07) is 0. The van der Waals surface area contributed by atoms with E-state index in [1.54, 1.807) is 0 Å². The Hall–Kier alpha value is -0.610. The summed E-state index contributed by atoms with van der Waals surface area (Å²) in [4.78, 5) is 9.00. The lowest BCUT2D eigenvalue weighted by molar-refractivity contribution is -0.134. The first-order valence-electron chi connectivity index (χ1n) is 3.06. The van der Waals surface area contributed by atoms with Crippen LogP contribution in [0.5, 0.6) is 0 Å². The van der Waals surface area contributed by atoms with Crippen LogP contribution in [0.2, 0.25) is 0 Å². The molecule has 0 fully saturated rings. The van der Waals surface area contributed by atoms with E-state index in [0.717, 1.165) is 6.92 Å². The molecule has 0 spiro atoms. The number of hydrogen-bond donors (Lipinski definition) is 3. The molecule has 4 heteroatoms. The van der Waals surface area contributed by atoms with Crippen molar-refractivity contribution in [3.63, 3.8) is 0 Å². The topological polar surface area (TPSA) is 77.8 Å². The first-order chi connectivity index (χ1) is 4.65. The molecule has 3 N–H and O–H groups in total. The van der Waals surface area contributed by atoms with Crippen LogP contribution in [0.3, 0.4) is 0 Å². The summed E-state index contributed by atoms with van der Waals surface area (Å²) in [7, 11) is 0. The number of rotatable bonds is 1. The fourth-order valence-electron chi connectivity index (χ4n) is 0. The fraction of sp³-hybridized carbons (Fsp3) is 0.833. The molecule has 0 aromatic carbocycles. The highest BCUT2D eigenvalue weighted by atomic mass is 16.4. The molecule has 0 bridgehead atoms. The molecular weight excluding hydrogens is 136 g/mol. The van der Waals surface area contributed by atoms with Gasteiger partial charge in [-0.15, -0.1) is 0 Å². The molecule has 64 valence electrons. The Balaban J connectivity index is -0.0000000787. The zero-order valence-electron chi connectivity index (χ0n) is 6.66. The van der Waals surface area contributed by atoms with Crippen molar-refractivity contribution in [2.45, 2.75) is 20.8 Å². The van der Waals surface area contributed by atoms with Crippen LogP contribution in [0.1, 0.15) is 20.8 Å². The predicted molar refractivity (Wildman–Crippen MR) is 38.8 cm³/mol. The third-order valence-corrected chi connectivity index (χ3v) is 0.1000. The molecule has 0 saturated heterocycles. The minimum Gasteiger partial charge on any atom is -0.481 e. The highest BCUT2D eigenvalue weighted by Gasteiger charge is 1.65. The summed E-state index contributed by atoms with van der Waals surface area (Å²) >= 11 is 0. The fourth-order valence-corrected chi connectivity index (χ4v) is 0. The normalized spacial score (nSPS) is 6.10. The summed E-state index contributed by atoms with van der Waals surface area (Å²) in [5, 5.41) is 22.7. The Morgan fingerprint density at radius 2 is 1.30 bits per heavy atom. The molecule has 0 saturated carbocycles. The third kappa shape index (κ3) is 1980. The van der Waals surface area contributed by atoms with Gasteiger partial charge in [0.2, 0.25) is 0 Å². The zero-order chi connectivity index (χ0) is 8.99. The van der Waals surface area contributed by atoms with E-state index in [2.05, 4.69) is 0 Å². The Morgan fingerprint density at radius 1 is 1.20 bits per heavy atom. The van der Waals surface area contributed by atoms with E-state index in [1.807, 2.05) is 13.8 Å². The van der Waals surface area contributed by atoms with E-state index < -0.39 is 5.97 Å². The monoisotopic (exact) mass is 152 g/mol. The minimum absolute atomic E-state index is 0.125. The molecule has 0 unspecified atom stereocenters. The van der Waals surface area contributed by atoms with Gasteiger partial charge in [-0.1, -0.05) is 13.8 Å². The molecule has 0 atom stereocenters. The lowest BCUT2D eigenvalue weighted by Gasteiger charge is -1.70. The van der Waals surface area contributed by atoms with E-state index >= 15 is 0 Å². The minimum atomic E-state index is -0.833. The van der Waals surface area contributed by atoms with Gasteiger partial charge in [0.1, 0.15) is 0 Å². The zero-order valence-corrected chi connectivity index (χ0v) is 6.66. The Kier molecular flexibility index (Phi) is 38.5. The van der Waals surface area contributed by atoms with Crippen molar-refractivity contribution in [3.8, 4) is 0 Å². The van der Waals surface area contributed by atoms with E-state index in [0.29, 0.717) is 0 Å².